The van der Waals surface area contributed by atoms with Crippen LogP contribution in [0.3, 0.4) is 0 Å². The highest BCUT2D eigenvalue weighted by molar-refractivity contribution is 7.12. The molecule has 0 aromatic carbocycles. The normalized spacial score (nSPS) is 16.9. The van der Waals surface area contributed by atoms with Crippen molar-refractivity contribution in [1.29, 1.82) is 0 Å². The molecule has 1 aliphatic heterocycles. The van der Waals surface area contributed by atoms with E-state index in [2.05, 4.69) is 15.2 Å². The number of carbonyl (C=O) groups is 1. The monoisotopic (exact) mass is 396 g/mol. The van der Waals surface area contributed by atoms with Crippen molar-refractivity contribution in [3.8, 4) is 22.3 Å². The Balaban J connectivity index is 1.45. The van der Waals surface area contributed by atoms with E-state index < -0.39 is 6.17 Å². The van der Waals surface area contributed by atoms with Crippen LogP contribution in [0.25, 0.3) is 27.9 Å². The maximum Gasteiger partial charge on any atom is 0.264 e. The second-order valence-electron chi connectivity index (χ2n) is 6.91. The van der Waals surface area contributed by atoms with Gasteiger partial charge in [-0.05, 0) is 23.4 Å². The van der Waals surface area contributed by atoms with Gasteiger partial charge in [0.25, 0.3) is 5.91 Å². The first kappa shape index (κ1) is 17.1. The van der Waals surface area contributed by atoms with Crippen LogP contribution in [-0.4, -0.2) is 54.4 Å². The molecule has 1 saturated heterocycles. The van der Waals surface area contributed by atoms with E-state index in [9.17, 15) is 9.18 Å². The number of hydrogen-bond acceptors (Lipinski definition) is 5. The van der Waals surface area contributed by atoms with E-state index in [0.29, 0.717) is 17.8 Å². The van der Waals surface area contributed by atoms with Crippen LogP contribution in [0.4, 0.5) is 4.39 Å². The van der Waals surface area contributed by atoms with Crippen molar-refractivity contribution in [2.24, 2.45) is 7.05 Å². The van der Waals surface area contributed by atoms with Gasteiger partial charge in [-0.1, -0.05) is 0 Å². The van der Waals surface area contributed by atoms with Crippen molar-refractivity contribution in [3.05, 3.63) is 47.3 Å². The van der Waals surface area contributed by atoms with Crippen LogP contribution in [0.1, 0.15) is 16.1 Å². The average Bonchev–Trinajstić information content (AvgIpc) is 3.46. The van der Waals surface area contributed by atoms with Gasteiger partial charge < -0.3 is 4.90 Å². The lowest BCUT2D eigenvalue weighted by atomic mass is 10.1. The second kappa shape index (κ2) is 6.52. The average molecular weight is 396 g/mol. The standard InChI is InChI=1S/C19H17FN6OS/c1-24-8-14(6-22-24)13-5-21-18-16(7-23-26(18)9-13)12-4-17(28-11-12)19(27)25-3-2-15(20)10-25/h4-9,11,15H,2-3,10H2,1H3/t15-/m1/s1. The van der Waals surface area contributed by atoms with Crippen molar-refractivity contribution < 1.29 is 9.18 Å². The SMILES string of the molecule is Cn1cc(-c2cnc3c(-c4csc(C(=O)N5CC[C@@H](F)C5)c4)cnn3c2)cn1. The van der Waals surface area contributed by atoms with Crippen molar-refractivity contribution in [1.82, 2.24) is 29.3 Å². The minimum absolute atomic E-state index is 0.111. The van der Waals surface area contributed by atoms with Gasteiger partial charge in [0.15, 0.2) is 5.65 Å². The van der Waals surface area contributed by atoms with Crippen molar-refractivity contribution in [2.75, 3.05) is 13.1 Å². The zero-order valence-electron chi connectivity index (χ0n) is 15.1. The van der Waals surface area contributed by atoms with Crippen LogP contribution in [0.15, 0.2) is 42.4 Å². The molecule has 0 aliphatic carbocycles. The number of amides is 1. The van der Waals surface area contributed by atoms with E-state index in [1.54, 1.807) is 32.7 Å². The maximum atomic E-state index is 13.4. The van der Waals surface area contributed by atoms with Gasteiger partial charge in [0.2, 0.25) is 0 Å². The Morgan fingerprint density at radius 1 is 1.18 bits per heavy atom. The molecule has 4 aromatic rings. The molecule has 1 aliphatic rings. The number of fused-ring (bicyclic) bond motifs is 1. The van der Waals surface area contributed by atoms with Gasteiger partial charge in [0.05, 0.1) is 23.8 Å². The van der Waals surface area contributed by atoms with Gasteiger partial charge in [0, 0.05) is 48.9 Å². The zero-order chi connectivity index (χ0) is 19.3. The number of aromatic nitrogens is 5. The number of carbonyl (C=O) groups excluding carboxylic acids is 1. The van der Waals surface area contributed by atoms with E-state index in [-0.39, 0.29) is 12.5 Å². The molecule has 1 fully saturated rings. The molecule has 0 unspecified atom stereocenters. The number of nitrogens with zero attached hydrogens (tertiary/aromatic N) is 6. The summed E-state index contributed by atoms with van der Waals surface area (Å²) in [4.78, 5) is 19.3. The van der Waals surface area contributed by atoms with E-state index >= 15 is 0 Å². The summed E-state index contributed by atoms with van der Waals surface area (Å²) < 4.78 is 16.9. The summed E-state index contributed by atoms with van der Waals surface area (Å²) in [5, 5.41) is 10.5. The van der Waals surface area contributed by atoms with E-state index in [4.69, 9.17) is 0 Å². The first-order chi connectivity index (χ1) is 13.6. The van der Waals surface area contributed by atoms with Crippen LogP contribution >= 0.6 is 11.3 Å². The minimum Gasteiger partial charge on any atom is -0.335 e. The van der Waals surface area contributed by atoms with Gasteiger partial charge >= 0.3 is 0 Å². The number of alkyl halides is 1. The predicted molar refractivity (Wildman–Crippen MR) is 104 cm³/mol. The Kier molecular flexibility index (Phi) is 3.97. The summed E-state index contributed by atoms with van der Waals surface area (Å²) in [6.45, 7) is 0.657. The molecule has 0 spiro atoms. The lowest BCUT2D eigenvalue weighted by molar-refractivity contribution is 0.0787. The number of thiophene rings is 1. The number of likely N-dealkylation sites (tertiary alicyclic amines) is 1. The zero-order valence-corrected chi connectivity index (χ0v) is 15.9. The molecule has 0 N–H and O–H groups in total. The van der Waals surface area contributed by atoms with Crippen molar-refractivity contribution in [2.45, 2.75) is 12.6 Å². The summed E-state index contributed by atoms with van der Waals surface area (Å²) in [6.07, 6.45) is 8.66. The summed E-state index contributed by atoms with van der Waals surface area (Å²) in [5.74, 6) is -0.111. The van der Waals surface area contributed by atoms with Gasteiger partial charge in [-0.25, -0.2) is 13.9 Å². The molecule has 142 valence electrons. The number of aryl methyl sites for hydroxylation is 1. The predicted octanol–water partition coefficient (Wildman–Crippen LogP) is 3.04. The van der Waals surface area contributed by atoms with Crippen molar-refractivity contribution >= 4 is 22.9 Å². The lowest BCUT2D eigenvalue weighted by Gasteiger charge is -2.13. The van der Waals surface area contributed by atoms with Gasteiger partial charge in [-0.3, -0.25) is 9.48 Å². The van der Waals surface area contributed by atoms with Crippen LogP contribution < -0.4 is 0 Å². The van der Waals surface area contributed by atoms with E-state index in [1.165, 1.54) is 11.3 Å². The van der Waals surface area contributed by atoms with Crippen LogP contribution in [0.2, 0.25) is 0 Å². The van der Waals surface area contributed by atoms with Crippen LogP contribution in [0, 0.1) is 0 Å². The van der Waals surface area contributed by atoms with Gasteiger partial charge in [0.1, 0.15) is 6.17 Å². The summed E-state index contributed by atoms with van der Waals surface area (Å²) >= 11 is 1.37. The molecule has 0 saturated carbocycles. The molecule has 1 amide bonds. The quantitative estimate of drug-likeness (QED) is 0.534. The topological polar surface area (TPSA) is 68.3 Å². The Labute approximate surface area is 164 Å². The highest BCUT2D eigenvalue weighted by Gasteiger charge is 2.27. The molecule has 7 nitrogen and oxygen atoms in total. The number of hydrogen-bond donors (Lipinski definition) is 0. The fourth-order valence-corrected chi connectivity index (χ4v) is 4.32. The van der Waals surface area contributed by atoms with E-state index in [1.807, 2.05) is 30.9 Å². The molecule has 0 bridgehead atoms. The molecular formula is C19H17FN6OS. The lowest BCUT2D eigenvalue weighted by Crippen LogP contribution is -2.28. The Bertz CT molecular complexity index is 1180. The number of halogens is 1. The molecule has 4 aromatic heterocycles. The largest absolute Gasteiger partial charge is 0.335 e. The third-order valence-electron chi connectivity index (χ3n) is 4.93. The van der Waals surface area contributed by atoms with Gasteiger partial charge in [-0.2, -0.15) is 10.2 Å². The Hall–Kier alpha value is -3.07. The summed E-state index contributed by atoms with van der Waals surface area (Å²) in [6, 6.07) is 1.84. The molecule has 9 heteroatoms. The molecular weight excluding hydrogens is 379 g/mol. The van der Waals surface area contributed by atoms with Crippen LogP contribution in [-0.2, 0) is 7.05 Å². The fraction of sp³-hybridized carbons (Fsp3) is 0.263. The highest BCUT2D eigenvalue weighted by Crippen LogP contribution is 2.30. The summed E-state index contributed by atoms with van der Waals surface area (Å²) in [5.41, 5.74) is 4.36. The Morgan fingerprint density at radius 2 is 2.04 bits per heavy atom. The fourth-order valence-electron chi connectivity index (χ4n) is 3.45. The van der Waals surface area contributed by atoms with Gasteiger partial charge in [-0.15, -0.1) is 11.3 Å². The maximum absolute atomic E-state index is 13.4. The molecule has 5 rings (SSSR count). The molecule has 5 heterocycles. The third-order valence-corrected chi connectivity index (χ3v) is 5.85. The molecule has 28 heavy (non-hydrogen) atoms. The minimum atomic E-state index is -0.916. The van der Waals surface area contributed by atoms with Crippen molar-refractivity contribution in [3.63, 3.8) is 0 Å². The number of rotatable bonds is 3. The first-order valence-electron chi connectivity index (χ1n) is 8.93. The molecule has 1 atom stereocenters. The molecule has 0 radical (unpaired) electrons. The summed E-state index contributed by atoms with van der Waals surface area (Å²) in [7, 11) is 1.87. The van der Waals surface area contributed by atoms with Crippen LogP contribution in [0.5, 0.6) is 0 Å². The Morgan fingerprint density at radius 3 is 2.79 bits per heavy atom. The first-order valence-corrected chi connectivity index (χ1v) is 9.81. The smallest absolute Gasteiger partial charge is 0.264 e. The highest BCUT2D eigenvalue weighted by atomic mass is 32.1. The third kappa shape index (κ3) is 2.88. The second-order valence-corrected chi connectivity index (χ2v) is 7.82. The van der Waals surface area contributed by atoms with E-state index in [0.717, 1.165) is 27.9 Å².